The Morgan fingerprint density at radius 2 is 2.11 bits per heavy atom. The van der Waals surface area contributed by atoms with Crippen LogP contribution in [0.2, 0.25) is 0 Å². The average molecular weight is 261 g/mol. The van der Waals surface area contributed by atoms with E-state index in [9.17, 15) is 4.79 Å². The normalized spacial score (nSPS) is 20.2. The molecule has 0 spiro atoms. The molecule has 1 aliphatic heterocycles. The van der Waals surface area contributed by atoms with Crippen LogP contribution < -0.4 is 0 Å². The summed E-state index contributed by atoms with van der Waals surface area (Å²) in [6.07, 6.45) is 7.06. The smallest absolute Gasteiger partial charge is 0.246 e. The van der Waals surface area contributed by atoms with Gasteiger partial charge in [-0.05, 0) is 46.1 Å². The molecule has 4 heteroatoms. The summed E-state index contributed by atoms with van der Waals surface area (Å²) in [4.78, 5) is 14.2. The number of hydrogen-bond acceptors (Lipinski definition) is 2. The fourth-order valence-electron chi connectivity index (χ4n) is 2.71. The lowest BCUT2D eigenvalue weighted by molar-refractivity contribution is -0.129. The maximum atomic E-state index is 12.2. The Morgan fingerprint density at radius 3 is 2.68 bits per heavy atom. The van der Waals surface area contributed by atoms with Gasteiger partial charge in [-0.25, -0.2) is 0 Å². The van der Waals surface area contributed by atoms with E-state index in [1.807, 2.05) is 36.6 Å². The Hall–Kier alpha value is -1.58. The Balaban J connectivity index is 2.11. The van der Waals surface area contributed by atoms with Gasteiger partial charge in [0.25, 0.3) is 0 Å². The lowest BCUT2D eigenvalue weighted by Crippen LogP contribution is -2.41. The summed E-state index contributed by atoms with van der Waals surface area (Å²) in [5.74, 6) is 0.120. The van der Waals surface area contributed by atoms with Crippen LogP contribution >= 0.6 is 0 Å². The van der Waals surface area contributed by atoms with Gasteiger partial charge in [0, 0.05) is 37.0 Å². The summed E-state index contributed by atoms with van der Waals surface area (Å²) < 4.78 is 1.85. The average Bonchev–Trinajstić information content (AvgIpc) is 2.61. The molecule has 0 N–H and O–H groups in total. The predicted octanol–water partition coefficient (Wildman–Crippen LogP) is 2.45. The fraction of sp³-hybridized carbons (Fsp3) is 0.600. The lowest BCUT2D eigenvalue weighted by atomic mass is 10.0. The molecular weight excluding hydrogens is 238 g/mol. The van der Waals surface area contributed by atoms with Crippen LogP contribution in [0.1, 0.15) is 43.1 Å². The zero-order valence-electron chi connectivity index (χ0n) is 12.3. The second-order valence-corrected chi connectivity index (χ2v) is 5.42. The van der Waals surface area contributed by atoms with Crippen LogP contribution in [-0.4, -0.2) is 33.2 Å². The van der Waals surface area contributed by atoms with Crippen molar-refractivity contribution in [1.29, 1.82) is 0 Å². The molecule has 0 aliphatic carbocycles. The maximum Gasteiger partial charge on any atom is 0.246 e. The van der Waals surface area contributed by atoms with Crippen molar-refractivity contribution in [3.63, 3.8) is 0 Å². The van der Waals surface area contributed by atoms with Crippen molar-refractivity contribution in [3.8, 4) is 0 Å². The molecule has 2 heterocycles. The van der Waals surface area contributed by atoms with Crippen molar-refractivity contribution in [2.24, 2.45) is 7.05 Å². The van der Waals surface area contributed by atoms with E-state index in [0.29, 0.717) is 6.04 Å². The fourth-order valence-corrected chi connectivity index (χ4v) is 2.71. The summed E-state index contributed by atoms with van der Waals surface area (Å²) in [5, 5.41) is 4.36. The van der Waals surface area contributed by atoms with E-state index >= 15 is 0 Å². The number of aromatic nitrogens is 2. The first-order chi connectivity index (χ1) is 9.00. The zero-order valence-corrected chi connectivity index (χ0v) is 12.3. The molecule has 1 atom stereocenters. The summed E-state index contributed by atoms with van der Waals surface area (Å²) in [5.41, 5.74) is 3.12. The van der Waals surface area contributed by atoms with Gasteiger partial charge in [-0.15, -0.1) is 0 Å². The largest absolute Gasteiger partial charge is 0.336 e. The highest BCUT2D eigenvalue weighted by Crippen LogP contribution is 2.18. The quantitative estimate of drug-likeness (QED) is 0.767. The van der Waals surface area contributed by atoms with Crippen LogP contribution in [0.25, 0.3) is 6.08 Å². The molecule has 1 unspecified atom stereocenters. The van der Waals surface area contributed by atoms with Gasteiger partial charge in [-0.3, -0.25) is 9.48 Å². The van der Waals surface area contributed by atoms with Crippen LogP contribution in [-0.2, 0) is 11.8 Å². The van der Waals surface area contributed by atoms with Crippen LogP contribution in [0.5, 0.6) is 0 Å². The van der Waals surface area contributed by atoms with E-state index in [-0.39, 0.29) is 5.91 Å². The maximum absolute atomic E-state index is 12.2. The van der Waals surface area contributed by atoms with E-state index < -0.39 is 0 Å². The third-order valence-electron chi connectivity index (χ3n) is 4.04. The molecular formula is C15H23N3O. The highest BCUT2D eigenvalue weighted by molar-refractivity contribution is 5.92. The molecule has 1 aromatic rings. The minimum Gasteiger partial charge on any atom is -0.336 e. The highest BCUT2D eigenvalue weighted by Gasteiger charge is 2.21. The monoisotopic (exact) mass is 261 g/mol. The number of rotatable bonds is 2. The SMILES string of the molecule is Cc1nn(C)c(C)c1/C=C/C(=O)N1CCCCC1C. The van der Waals surface area contributed by atoms with Crippen LogP contribution in [0, 0.1) is 13.8 Å². The minimum absolute atomic E-state index is 0.120. The molecule has 1 aromatic heterocycles. The highest BCUT2D eigenvalue weighted by atomic mass is 16.2. The summed E-state index contributed by atoms with van der Waals surface area (Å²) in [7, 11) is 1.92. The third-order valence-corrected chi connectivity index (χ3v) is 4.04. The van der Waals surface area contributed by atoms with Gasteiger partial charge in [-0.2, -0.15) is 5.10 Å². The van der Waals surface area contributed by atoms with Gasteiger partial charge in [0.1, 0.15) is 0 Å². The second kappa shape index (κ2) is 5.59. The molecule has 19 heavy (non-hydrogen) atoms. The standard InChI is InChI=1S/C15H23N3O/c1-11-7-5-6-10-18(11)15(19)9-8-14-12(2)16-17(4)13(14)3/h8-9,11H,5-7,10H2,1-4H3/b9-8+. The molecule has 0 aromatic carbocycles. The van der Waals surface area contributed by atoms with Crippen LogP contribution in [0.15, 0.2) is 6.08 Å². The summed E-state index contributed by atoms with van der Waals surface area (Å²) in [6.45, 7) is 7.01. The first kappa shape index (κ1) is 13.8. The number of likely N-dealkylation sites (tertiary alicyclic amines) is 1. The van der Waals surface area contributed by atoms with Crippen molar-refractivity contribution >= 4 is 12.0 Å². The molecule has 1 saturated heterocycles. The number of carbonyl (C=O) groups is 1. The number of hydrogen-bond donors (Lipinski definition) is 0. The molecule has 0 radical (unpaired) electrons. The summed E-state index contributed by atoms with van der Waals surface area (Å²) >= 11 is 0. The van der Waals surface area contributed by atoms with Gasteiger partial charge < -0.3 is 4.90 Å². The van der Waals surface area contributed by atoms with E-state index in [0.717, 1.165) is 36.3 Å². The van der Waals surface area contributed by atoms with Gasteiger partial charge >= 0.3 is 0 Å². The topological polar surface area (TPSA) is 38.1 Å². The van der Waals surface area contributed by atoms with E-state index in [1.54, 1.807) is 6.08 Å². The van der Waals surface area contributed by atoms with Crippen LogP contribution in [0.3, 0.4) is 0 Å². The second-order valence-electron chi connectivity index (χ2n) is 5.42. The molecule has 4 nitrogen and oxygen atoms in total. The van der Waals surface area contributed by atoms with Gasteiger partial charge in [0.05, 0.1) is 5.69 Å². The van der Waals surface area contributed by atoms with Crippen molar-refractivity contribution in [1.82, 2.24) is 14.7 Å². The number of amides is 1. The molecule has 1 amide bonds. The van der Waals surface area contributed by atoms with Crippen LogP contribution in [0.4, 0.5) is 0 Å². The Kier molecular flexibility index (Phi) is 4.08. The van der Waals surface area contributed by atoms with Gasteiger partial charge in [0.2, 0.25) is 5.91 Å². The van der Waals surface area contributed by atoms with Gasteiger partial charge in [-0.1, -0.05) is 0 Å². The van der Waals surface area contributed by atoms with Crippen molar-refractivity contribution in [2.45, 2.75) is 46.1 Å². The lowest BCUT2D eigenvalue weighted by Gasteiger charge is -2.32. The van der Waals surface area contributed by atoms with Crippen molar-refractivity contribution in [2.75, 3.05) is 6.54 Å². The number of nitrogens with zero attached hydrogens (tertiary/aromatic N) is 3. The summed E-state index contributed by atoms with van der Waals surface area (Å²) in [6, 6.07) is 0.363. The Bertz CT molecular complexity index is 502. The molecule has 0 saturated carbocycles. The third kappa shape index (κ3) is 2.88. The molecule has 0 bridgehead atoms. The molecule has 104 valence electrons. The Labute approximate surface area is 115 Å². The Morgan fingerprint density at radius 1 is 1.37 bits per heavy atom. The van der Waals surface area contributed by atoms with E-state index in [2.05, 4.69) is 12.0 Å². The first-order valence-electron chi connectivity index (χ1n) is 6.99. The molecule has 2 rings (SSSR count). The molecule has 1 fully saturated rings. The number of aryl methyl sites for hydroxylation is 2. The molecule has 1 aliphatic rings. The predicted molar refractivity (Wildman–Crippen MR) is 76.7 cm³/mol. The van der Waals surface area contributed by atoms with Crippen molar-refractivity contribution < 1.29 is 4.79 Å². The number of piperidine rings is 1. The van der Waals surface area contributed by atoms with Gasteiger partial charge in [0.15, 0.2) is 0 Å². The minimum atomic E-state index is 0.120. The first-order valence-corrected chi connectivity index (χ1v) is 6.99. The van der Waals surface area contributed by atoms with E-state index in [1.165, 1.54) is 6.42 Å². The zero-order chi connectivity index (χ0) is 14.0. The van der Waals surface area contributed by atoms with E-state index in [4.69, 9.17) is 0 Å². The number of carbonyl (C=O) groups excluding carboxylic acids is 1. The van der Waals surface area contributed by atoms with Crippen molar-refractivity contribution in [3.05, 3.63) is 23.0 Å².